The maximum atomic E-state index is 13.1. The number of nitrogens with one attached hydrogen (secondary N) is 1. The molecule has 0 atom stereocenters. The molecular weight excluding hydrogens is 538 g/mol. The van der Waals surface area contributed by atoms with Gasteiger partial charge in [0.2, 0.25) is 0 Å². The van der Waals surface area contributed by atoms with E-state index in [-0.39, 0.29) is 16.3 Å². The van der Waals surface area contributed by atoms with E-state index >= 15 is 0 Å². The largest absolute Gasteiger partial charge is 0.363 e. The molecule has 2 heterocycles. The van der Waals surface area contributed by atoms with Crippen molar-refractivity contribution >= 4 is 32.8 Å². The number of aromatic nitrogens is 2. The molecule has 1 fully saturated rings. The van der Waals surface area contributed by atoms with Crippen LogP contribution in [0, 0.1) is 20.2 Å². The molecule has 0 bridgehead atoms. The number of sulfonamides is 1. The molecular formula is C26H25N7O6S. The van der Waals surface area contributed by atoms with Crippen LogP contribution in [-0.4, -0.2) is 59.1 Å². The predicted molar refractivity (Wildman–Crippen MR) is 148 cm³/mol. The van der Waals surface area contributed by atoms with Crippen LogP contribution in [-0.2, 0) is 16.6 Å². The Labute approximate surface area is 229 Å². The van der Waals surface area contributed by atoms with E-state index in [2.05, 4.69) is 9.82 Å². The van der Waals surface area contributed by atoms with Crippen LogP contribution in [0.15, 0.2) is 90.1 Å². The molecule has 1 aromatic heterocycles. The fourth-order valence-corrected chi connectivity index (χ4v) is 5.69. The second kappa shape index (κ2) is 11.1. The van der Waals surface area contributed by atoms with Gasteiger partial charge in [0.25, 0.3) is 21.4 Å². The van der Waals surface area contributed by atoms with E-state index in [1.54, 1.807) is 65.6 Å². The minimum Gasteiger partial charge on any atom is -0.363 e. The van der Waals surface area contributed by atoms with Gasteiger partial charge in [-0.2, -0.15) is 5.10 Å². The minimum absolute atomic E-state index is 0.0554. The Morgan fingerprint density at radius 3 is 2.20 bits per heavy atom. The Bertz CT molecular complexity index is 1630. The Balaban J connectivity index is 1.28. The Hall–Kier alpha value is -4.82. The molecule has 5 rings (SSSR count). The maximum absolute atomic E-state index is 13.1. The number of para-hydroxylation sites is 1. The number of nitrogens with zero attached hydrogens (tertiary/aromatic N) is 6. The molecule has 1 aliphatic heterocycles. The highest BCUT2D eigenvalue weighted by Gasteiger charge is 2.27. The first kappa shape index (κ1) is 26.8. The standard InChI is InChI=1S/C26H25N7O6S/c34-32(35)24-5-2-1-4-20(24)19-29-14-16-30(17-15-29)25-11-10-23(18-26(25)33(36)37)40(38,39)28-21-6-8-22(9-7-21)31-13-3-12-27-31/h1-13,18,28H,14-17,19H2. The molecule has 0 aliphatic carbocycles. The van der Waals surface area contributed by atoms with Crippen molar-refractivity contribution in [1.29, 1.82) is 0 Å². The number of nitro groups is 2. The van der Waals surface area contributed by atoms with Crippen LogP contribution >= 0.6 is 0 Å². The molecule has 1 N–H and O–H groups in total. The molecule has 0 spiro atoms. The van der Waals surface area contributed by atoms with Crippen molar-refractivity contribution in [1.82, 2.24) is 14.7 Å². The van der Waals surface area contributed by atoms with Crippen LogP contribution < -0.4 is 9.62 Å². The summed E-state index contributed by atoms with van der Waals surface area (Å²) in [7, 11) is -4.10. The number of rotatable bonds is 9. The average Bonchev–Trinajstić information content (AvgIpc) is 3.49. The van der Waals surface area contributed by atoms with E-state index in [1.807, 2.05) is 9.80 Å². The second-order valence-corrected chi connectivity index (χ2v) is 10.8. The van der Waals surface area contributed by atoms with Gasteiger partial charge in [-0.25, -0.2) is 13.1 Å². The molecule has 4 aromatic rings. The van der Waals surface area contributed by atoms with Crippen molar-refractivity contribution in [2.45, 2.75) is 11.4 Å². The van der Waals surface area contributed by atoms with E-state index < -0.39 is 19.9 Å². The SMILES string of the molecule is O=[N+]([O-])c1ccccc1CN1CCN(c2ccc(S(=O)(=O)Nc3ccc(-n4cccn4)cc3)cc2[N+](=O)[O-])CC1. The highest BCUT2D eigenvalue weighted by Crippen LogP contribution is 2.32. The predicted octanol–water partition coefficient (Wildman–Crippen LogP) is 3.81. The first-order valence-corrected chi connectivity index (χ1v) is 13.8. The van der Waals surface area contributed by atoms with Gasteiger partial charge in [0.15, 0.2) is 0 Å². The molecule has 0 unspecified atom stereocenters. The number of hydrogen-bond donors (Lipinski definition) is 1. The molecule has 3 aromatic carbocycles. The number of nitro benzene ring substituents is 2. The average molecular weight is 564 g/mol. The van der Waals surface area contributed by atoms with E-state index in [0.717, 1.165) is 11.8 Å². The summed E-state index contributed by atoms with van der Waals surface area (Å²) in [5.74, 6) is 0. The first-order valence-electron chi connectivity index (χ1n) is 12.3. The lowest BCUT2D eigenvalue weighted by molar-refractivity contribution is -0.385. The first-order chi connectivity index (χ1) is 19.2. The van der Waals surface area contributed by atoms with Gasteiger partial charge in [0.1, 0.15) is 5.69 Å². The minimum atomic E-state index is -4.10. The molecule has 206 valence electrons. The van der Waals surface area contributed by atoms with Crippen LogP contribution in [0.25, 0.3) is 5.69 Å². The van der Waals surface area contributed by atoms with E-state index in [4.69, 9.17) is 0 Å². The van der Waals surface area contributed by atoms with Crippen molar-refractivity contribution in [2.75, 3.05) is 35.8 Å². The molecule has 13 nitrogen and oxygen atoms in total. The van der Waals surface area contributed by atoms with Crippen LogP contribution in [0.4, 0.5) is 22.7 Å². The zero-order valence-corrected chi connectivity index (χ0v) is 22.0. The van der Waals surface area contributed by atoms with Gasteiger partial charge < -0.3 is 4.90 Å². The third-order valence-corrected chi connectivity index (χ3v) is 8.02. The molecule has 40 heavy (non-hydrogen) atoms. The monoisotopic (exact) mass is 563 g/mol. The fourth-order valence-electron chi connectivity index (χ4n) is 4.61. The Morgan fingerprint density at radius 2 is 1.55 bits per heavy atom. The van der Waals surface area contributed by atoms with Crippen molar-refractivity contribution in [3.63, 3.8) is 0 Å². The molecule has 14 heteroatoms. The summed E-state index contributed by atoms with van der Waals surface area (Å²) in [6.45, 7) is 2.32. The zero-order chi connectivity index (χ0) is 28.3. The lowest BCUT2D eigenvalue weighted by atomic mass is 10.1. The van der Waals surface area contributed by atoms with Crippen LogP contribution in [0.5, 0.6) is 0 Å². The van der Waals surface area contributed by atoms with Gasteiger partial charge >= 0.3 is 0 Å². The lowest BCUT2D eigenvalue weighted by Crippen LogP contribution is -2.46. The third kappa shape index (κ3) is 5.77. The molecule has 0 amide bonds. The highest BCUT2D eigenvalue weighted by molar-refractivity contribution is 7.92. The smallest absolute Gasteiger partial charge is 0.293 e. The van der Waals surface area contributed by atoms with Crippen molar-refractivity contribution in [3.8, 4) is 5.69 Å². The summed E-state index contributed by atoms with van der Waals surface area (Å²) in [5.41, 5.74) is 1.71. The summed E-state index contributed by atoms with van der Waals surface area (Å²) in [4.78, 5) is 25.9. The van der Waals surface area contributed by atoms with Crippen LogP contribution in [0.1, 0.15) is 5.56 Å². The van der Waals surface area contributed by atoms with Gasteiger partial charge in [-0.1, -0.05) is 18.2 Å². The summed E-state index contributed by atoms with van der Waals surface area (Å²) >= 11 is 0. The van der Waals surface area contributed by atoms with Gasteiger partial charge in [0, 0.05) is 68.5 Å². The number of benzene rings is 3. The number of hydrogen-bond acceptors (Lipinski definition) is 9. The second-order valence-electron chi connectivity index (χ2n) is 9.16. The molecule has 0 saturated carbocycles. The topological polar surface area (TPSA) is 157 Å². The van der Waals surface area contributed by atoms with Crippen molar-refractivity contribution in [2.24, 2.45) is 0 Å². The van der Waals surface area contributed by atoms with Gasteiger partial charge in [-0.05, 0) is 42.5 Å². The van der Waals surface area contributed by atoms with Gasteiger partial charge in [0.05, 0.1) is 20.4 Å². The molecule has 1 saturated heterocycles. The van der Waals surface area contributed by atoms with E-state index in [0.29, 0.717) is 49.7 Å². The zero-order valence-electron chi connectivity index (χ0n) is 21.2. The lowest BCUT2D eigenvalue weighted by Gasteiger charge is -2.35. The van der Waals surface area contributed by atoms with Crippen molar-refractivity contribution < 1.29 is 18.3 Å². The summed E-state index contributed by atoms with van der Waals surface area (Å²) in [6, 6.07) is 18.8. The van der Waals surface area contributed by atoms with Gasteiger partial charge in [-0.3, -0.25) is 29.9 Å². The normalized spacial score (nSPS) is 14.2. The fraction of sp³-hybridized carbons (Fsp3) is 0.192. The molecule has 1 aliphatic rings. The number of anilines is 2. The summed E-state index contributed by atoms with van der Waals surface area (Å²) in [6.07, 6.45) is 3.39. The summed E-state index contributed by atoms with van der Waals surface area (Å²) in [5, 5.41) is 27.4. The van der Waals surface area contributed by atoms with E-state index in [1.165, 1.54) is 18.2 Å². The van der Waals surface area contributed by atoms with Crippen molar-refractivity contribution in [3.05, 3.63) is 111 Å². The Kier molecular flexibility index (Phi) is 7.44. The van der Waals surface area contributed by atoms with Crippen LogP contribution in [0.2, 0.25) is 0 Å². The maximum Gasteiger partial charge on any atom is 0.293 e. The van der Waals surface area contributed by atoms with Gasteiger partial charge in [-0.15, -0.1) is 0 Å². The molecule has 0 radical (unpaired) electrons. The van der Waals surface area contributed by atoms with E-state index in [9.17, 15) is 28.6 Å². The highest BCUT2D eigenvalue weighted by atomic mass is 32.2. The van der Waals surface area contributed by atoms with Crippen LogP contribution in [0.3, 0.4) is 0 Å². The quantitative estimate of drug-likeness (QED) is 0.236. The Morgan fingerprint density at radius 1 is 0.850 bits per heavy atom. The number of piperazine rings is 1. The third-order valence-electron chi connectivity index (χ3n) is 6.64. The summed E-state index contributed by atoms with van der Waals surface area (Å²) < 4.78 is 30.2.